The van der Waals surface area contributed by atoms with Gasteiger partial charge in [-0.05, 0) is 18.6 Å². The molecule has 1 aliphatic heterocycles. The highest BCUT2D eigenvalue weighted by atomic mass is 16.2. The van der Waals surface area contributed by atoms with Crippen LogP contribution in [0.15, 0.2) is 48.5 Å². The lowest BCUT2D eigenvalue weighted by Crippen LogP contribution is -2.33. The number of aryl methyl sites for hydroxylation is 1. The number of carbonyl (C=O) groups is 2. The minimum atomic E-state index is -0.598. The Morgan fingerprint density at radius 2 is 1.86 bits per heavy atom. The number of nitrogens with one attached hydrogen (secondary N) is 2. The van der Waals surface area contributed by atoms with Crippen LogP contribution in [0.5, 0.6) is 0 Å². The monoisotopic (exact) mass is 280 g/mol. The number of rotatable bonds is 3. The minimum absolute atomic E-state index is 0.157. The highest BCUT2D eigenvalue weighted by Crippen LogP contribution is 2.30. The van der Waals surface area contributed by atoms with Gasteiger partial charge in [-0.3, -0.25) is 9.59 Å². The number of benzene rings is 2. The van der Waals surface area contributed by atoms with Gasteiger partial charge >= 0.3 is 0 Å². The lowest BCUT2D eigenvalue weighted by Gasteiger charge is -2.11. The fourth-order valence-electron chi connectivity index (χ4n) is 2.46. The molecule has 0 unspecified atom stereocenters. The summed E-state index contributed by atoms with van der Waals surface area (Å²) in [7, 11) is 0. The van der Waals surface area contributed by atoms with Crippen LogP contribution in [0.4, 0.5) is 5.69 Å². The summed E-state index contributed by atoms with van der Waals surface area (Å²) in [5, 5.41) is 5.57. The van der Waals surface area contributed by atoms with E-state index in [4.69, 9.17) is 0 Å². The number of para-hydroxylation sites is 1. The Bertz CT molecular complexity index is 692. The predicted molar refractivity (Wildman–Crippen MR) is 80.8 cm³/mol. The number of hydrogen-bond acceptors (Lipinski definition) is 2. The summed E-state index contributed by atoms with van der Waals surface area (Å²) in [5.41, 5.74) is 3.68. The lowest BCUT2D eigenvalue weighted by molar-refractivity contribution is -0.125. The zero-order chi connectivity index (χ0) is 14.8. The molecule has 4 nitrogen and oxygen atoms in total. The summed E-state index contributed by atoms with van der Waals surface area (Å²) in [6.07, 6.45) is 0.270. The van der Waals surface area contributed by atoms with Gasteiger partial charge < -0.3 is 10.6 Å². The van der Waals surface area contributed by atoms with Gasteiger partial charge in [0.05, 0.1) is 6.42 Å². The van der Waals surface area contributed by atoms with Crippen LogP contribution in [0.25, 0.3) is 0 Å². The molecule has 21 heavy (non-hydrogen) atoms. The molecule has 4 heteroatoms. The number of anilines is 1. The molecule has 2 amide bonds. The summed E-state index contributed by atoms with van der Waals surface area (Å²) in [5.74, 6) is -0.343. The normalized spacial score (nSPS) is 16.2. The van der Waals surface area contributed by atoms with E-state index in [1.807, 2.05) is 55.5 Å². The summed E-state index contributed by atoms with van der Waals surface area (Å²) in [6.45, 7) is 2.00. The van der Waals surface area contributed by atoms with Crippen molar-refractivity contribution in [2.75, 3.05) is 5.32 Å². The molecule has 0 bridgehead atoms. The zero-order valence-electron chi connectivity index (χ0n) is 11.7. The number of fused-ring (bicyclic) bond motifs is 1. The quantitative estimate of drug-likeness (QED) is 0.906. The molecular formula is C17H16N2O2. The van der Waals surface area contributed by atoms with Crippen molar-refractivity contribution >= 4 is 17.5 Å². The maximum absolute atomic E-state index is 12.1. The maximum Gasteiger partial charge on any atom is 0.251 e. The van der Waals surface area contributed by atoms with Gasteiger partial charge in [0.25, 0.3) is 5.91 Å². The molecule has 2 aromatic rings. The number of carbonyl (C=O) groups excluding carboxylic acids is 2. The van der Waals surface area contributed by atoms with Crippen LogP contribution < -0.4 is 10.6 Å². The second-order valence-electron chi connectivity index (χ2n) is 5.24. The van der Waals surface area contributed by atoms with E-state index in [0.717, 1.165) is 22.4 Å². The van der Waals surface area contributed by atoms with Gasteiger partial charge in [-0.1, -0.05) is 48.0 Å². The first-order valence-corrected chi connectivity index (χ1v) is 6.88. The van der Waals surface area contributed by atoms with Crippen LogP contribution in [0.1, 0.15) is 22.7 Å². The molecule has 1 atom stereocenters. The molecule has 1 heterocycles. The highest BCUT2D eigenvalue weighted by Gasteiger charge is 2.31. The second-order valence-corrected chi connectivity index (χ2v) is 5.24. The first-order chi connectivity index (χ1) is 10.1. The van der Waals surface area contributed by atoms with Crippen molar-refractivity contribution < 1.29 is 9.59 Å². The van der Waals surface area contributed by atoms with Gasteiger partial charge in [0, 0.05) is 11.3 Å². The van der Waals surface area contributed by atoms with Crippen molar-refractivity contribution in [1.82, 2.24) is 5.32 Å². The number of hydrogen-bond donors (Lipinski definition) is 2. The van der Waals surface area contributed by atoms with Crippen molar-refractivity contribution in [2.45, 2.75) is 19.4 Å². The van der Waals surface area contributed by atoms with Crippen LogP contribution in [0.3, 0.4) is 0 Å². The molecule has 0 saturated carbocycles. The van der Waals surface area contributed by atoms with E-state index in [1.165, 1.54) is 0 Å². The molecule has 3 rings (SSSR count). The van der Waals surface area contributed by atoms with E-state index in [1.54, 1.807) is 0 Å². The third-order valence-electron chi connectivity index (χ3n) is 3.58. The van der Waals surface area contributed by atoms with Gasteiger partial charge in [0.15, 0.2) is 0 Å². The second kappa shape index (κ2) is 5.40. The molecule has 2 aromatic carbocycles. The Kier molecular flexibility index (Phi) is 3.44. The molecule has 0 aromatic heterocycles. The first kappa shape index (κ1) is 13.4. The third-order valence-corrected chi connectivity index (χ3v) is 3.58. The Labute approximate surface area is 123 Å². The zero-order valence-corrected chi connectivity index (χ0v) is 11.7. The van der Waals surface area contributed by atoms with Crippen LogP contribution in [0.2, 0.25) is 0 Å². The molecule has 0 fully saturated rings. The fraction of sp³-hybridized carbons (Fsp3) is 0.176. The van der Waals surface area contributed by atoms with Crippen molar-refractivity contribution in [2.24, 2.45) is 0 Å². The largest absolute Gasteiger partial charge is 0.340 e. The molecule has 0 radical (unpaired) electrons. The van der Waals surface area contributed by atoms with Gasteiger partial charge in [0.2, 0.25) is 5.91 Å². The van der Waals surface area contributed by atoms with Crippen molar-refractivity contribution in [3.63, 3.8) is 0 Å². The van der Waals surface area contributed by atoms with Gasteiger partial charge in [-0.15, -0.1) is 0 Å². The first-order valence-electron chi connectivity index (χ1n) is 6.88. The average molecular weight is 280 g/mol. The Hall–Kier alpha value is -2.62. The number of amides is 2. The molecule has 0 spiro atoms. The molecular weight excluding hydrogens is 264 g/mol. The van der Waals surface area contributed by atoms with Crippen LogP contribution in [0, 0.1) is 6.92 Å². The smallest absolute Gasteiger partial charge is 0.251 e. The van der Waals surface area contributed by atoms with Gasteiger partial charge in [0.1, 0.15) is 6.04 Å². The van der Waals surface area contributed by atoms with E-state index in [-0.39, 0.29) is 18.2 Å². The van der Waals surface area contributed by atoms with Gasteiger partial charge in [-0.2, -0.15) is 0 Å². The molecule has 0 aliphatic carbocycles. The average Bonchev–Trinajstić information content (AvgIpc) is 2.78. The minimum Gasteiger partial charge on any atom is -0.340 e. The van der Waals surface area contributed by atoms with Crippen molar-refractivity contribution in [1.29, 1.82) is 0 Å². The molecule has 2 N–H and O–H groups in total. The van der Waals surface area contributed by atoms with Crippen LogP contribution in [-0.2, 0) is 16.0 Å². The maximum atomic E-state index is 12.1. The topological polar surface area (TPSA) is 58.2 Å². The van der Waals surface area contributed by atoms with Gasteiger partial charge in [-0.25, -0.2) is 0 Å². The third kappa shape index (κ3) is 2.79. The van der Waals surface area contributed by atoms with Crippen molar-refractivity contribution in [3.05, 3.63) is 65.2 Å². The van der Waals surface area contributed by atoms with E-state index >= 15 is 0 Å². The van der Waals surface area contributed by atoms with Crippen LogP contribution >= 0.6 is 0 Å². The molecule has 0 saturated heterocycles. The Morgan fingerprint density at radius 1 is 1.14 bits per heavy atom. The summed E-state index contributed by atoms with van der Waals surface area (Å²) in [4.78, 5) is 24.1. The SMILES string of the molecule is Cc1ccc(CC(=O)N[C@@H]2C(=O)Nc3ccccc32)cc1. The van der Waals surface area contributed by atoms with Crippen molar-refractivity contribution in [3.8, 4) is 0 Å². The Balaban J connectivity index is 1.70. The highest BCUT2D eigenvalue weighted by molar-refractivity contribution is 6.04. The summed E-state index contributed by atoms with van der Waals surface area (Å²) < 4.78 is 0. The van der Waals surface area contributed by atoms with E-state index in [0.29, 0.717) is 0 Å². The molecule has 1 aliphatic rings. The van der Waals surface area contributed by atoms with E-state index < -0.39 is 6.04 Å². The predicted octanol–water partition coefficient (Wildman–Crippen LogP) is 2.35. The molecule has 106 valence electrons. The Morgan fingerprint density at radius 3 is 2.62 bits per heavy atom. The summed E-state index contributed by atoms with van der Waals surface area (Å²) >= 11 is 0. The fourth-order valence-corrected chi connectivity index (χ4v) is 2.46. The van der Waals surface area contributed by atoms with E-state index in [9.17, 15) is 9.59 Å². The summed E-state index contributed by atoms with van der Waals surface area (Å²) in [6, 6.07) is 14.6. The van der Waals surface area contributed by atoms with Crippen LogP contribution in [-0.4, -0.2) is 11.8 Å². The lowest BCUT2D eigenvalue weighted by atomic mass is 10.1. The standard InChI is InChI=1S/C17H16N2O2/c1-11-6-8-12(9-7-11)10-15(20)19-16-13-4-2-3-5-14(13)18-17(16)21/h2-9,16H,10H2,1H3,(H,18,21)(H,19,20)/t16-/m0/s1. The van der Waals surface area contributed by atoms with E-state index in [2.05, 4.69) is 10.6 Å².